The molecule has 0 heterocycles. The minimum Gasteiger partial charge on any atom is -0.394 e. The van der Waals surface area contributed by atoms with Crippen molar-refractivity contribution < 1.29 is 20.4 Å². The molecule has 0 aliphatic heterocycles. The number of aliphatic hydroxyl groups is 4. The molecule has 0 amide bonds. The molecular formula is C12H24O4. The molecule has 0 aromatic heterocycles. The standard InChI is InChI=1S/C8H16O2.C4H8O2/c1-2-3-4-5-6-8(10)7-9;1-4(2-5)3-6/h2,8-10H,1,3-7H2;5-6H,1-3H2. The van der Waals surface area contributed by atoms with E-state index in [4.69, 9.17) is 20.4 Å². The summed E-state index contributed by atoms with van der Waals surface area (Å²) in [5, 5.41) is 33.5. The second-order valence-corrected chi connectivity index (χ2v) is 3.48. The molecule has 0 spiro atoms. The summed E-state index contributed by atoms with van der Waals surface area (Å²) in [6.07, 6.45) is 5.06. The van der Waals surface area contributed by atoms with Crippen molar-refractivity contribution in [2.75, 3.05) is 19.8 Å². The van der Waals surface area contributed by atoms with Gasteiger partial charge in [0.25, 0.3) is 0 Å². The number of hydrogen-bond donors (Lipinski definition) is 4. The molecule has 0 saturated carbocycles. The van der Waals surface area contributed by atoms with Crippen LogP contribution in [0.5, 0.6) is 0 Å². The van der Waals surface area contributed by atoms with E-state index in [2.05, 4.69) is 13.2 Å². The number of unbranched alkanes of at least 4 members (excludes halogenated alkanes) is 2. The minimum absolute atomic E-state index is 0.115. The zero-order valence-corrected chi connectivity index (χ0v) is 9.81. The van der Waals surface area contributed by atoms with Crippen molar-refractivity contribution in [3.63, 3.8) is 0 Å². The maximum absolute atomic E-state index is 8.88. The Balaban J connectivity index is 0. The molecule has 0 aromatic carbocycles. The van der Waals surface area contributed by atoms with E-state index in [1.165, 1.54) is 0 Å². The van der Waals surface area contributed by atoms with Gasteiger partial charge in [-0.1, -0.05) is 19.1 Å². The molecule has 0 fully saturated rings. The normalized spacial score (nSPS) is 11.2. The first-order valence-corrected chi connectivity index (χ1v) is 5.40. The Morgan fingerprint density at radius 1 is 1.12 bits per heavy atom. The van der Waals surface area contributed by atoms with Gasteiger partial charge < -0.3 is 20.4 Å². The van der Waals surface area contributed by atoms with E-state index in [0.29, 0.717) is 12.0 Å². The molecule has 4 N–H and O–H groups in total. The lowest BCUT2D eigenvalue weighted by Gasteiger charge is -2.04. The molecule has 0 aromatic rings. The van der Waals surface area contributed by atoms with E-state index < -0.39 is 6.10 Å². The monoisotopic (exact) mass is 232 g/mol. The van der Waals surface area contributed by atoms with Crippen LogP contribution < -0.4 is 0 Å². The average Bonchev–Trinajstić information content (AvgIpc) is 2.34. The van der Waals surface area contributed by atoms with Gasteiger partial charge in [0.05, 0.1) is 25.9 Å². The fraction of sp³-hybridized carbons (Fsp3) is 0.667. The lowest BCUT2D eigenvalue weighted by molar-refractivity contribution is 0.0862. The van der Waals surface area contributed by atoms with E-state index >= 15 is 0 Å². The van der Waals surface area contributed by atoms with Crippen LogP contribution in [0.3, 0.4) is 0 Å². The van der Waals surface area contributed by atoms with Gasteiger partial charge in [0.2, 0.25) is 0 Å². The number of hydrogen-bond acceptors (Lipinski definition) is 4. The van der Waals surface area contributed by atoms with Crippen molar-refractivity contribution in [1.82, 2.24) is 0 Å². The Morgan fingerprint density at radius 2 is 1.69 bits per heavy atom. The van der Waals surface area contributed by atoms with Crippen LogP contribution in [0.2, 0.25) is 0 Å². The van der Waals surface area contributed by atoms with Crippen LogP contribution >= 0.6 is 0 Å². The Labute approximate surface area is 97.6 Å². The lowest BCUT2D eigenvalue weighted by atomic mass is 10.1. The molecule has 0 rings (SSSR count). The summed E-state index contributed by atoms with van der Waals surface area (Å²) in [5.74, 6) is 0. The fourth-order valence-corrected chi connectivity index (χ4v) is 0.810. The van der Waals surface area contributed by atoms with E-state index in [-0.39, 0.29) is 19.8 Å². The smallest absolute Gasteiger partial charge is 0.0770 e. The van der Waals surface area contributed by atoms with Crippen molar-refractivity contribution in [2.45, 2.75) is 31.8 Å². The van der Waals surface area contributed by atoms with Gasteiger partial charge in [-0.25, -0.2) is 0 Å². The highest BCUT2D eigenvalue weighted by Crippen LogP contribution is 2.02. The molecule has 16 heavy (non-hydrogen) atoms. The summed E-state index contributed by atoms with van der Waals surface area (Å²) in [6.45, 7) is 6.53. The molecule has 0 saturated heterocycles. The molecule has 1 unspecified atom stereocenters. The van der Waals surface area contributed by atoms with Crippen LogP contribution in [-0.4, -0.2) is 46.4 Å². The Morgan fingerprint density at radius 3 is 2.00 bits per heavy atom. The van der Waals surface area contributed by atoms with Gasteiger partial charge in [0.1, 0.15) is 0 Å². The third-order valence-electron chi connectivity index (χ3n) is 1.85. The second-order valence-electron chi connectivity index (χ2n) is 3.48. The van der Waals surface area contributed by atoms with E-state index in [1.807, 2.05) is 6.08 Å². The Bertz CT molecular complexity index is 162. The molecule has 1 atom stereocenters. The predicted molar refractivity (Wildman–Crippen MR) is 65.1 cm³/mol. The maximum Gasteiger partial charge on any atom is 0.0770 e. The van der Waals surface area contributed by atoms with Crippen LogP contribution in [0.1, 0.15) is 25.7 Å². The van der Waals surface area contributed by atoms with E-state index in [1.54, 1.807) is 0 Å². The SMILES string of the molecule is C=C(CO)CO.C=CCCCCC(O)CO. The summed E-state index contributed by atoms with van der Waals surface area (Å²) in [7, 11) is 0. The van der Waals surface area contributed by atoms with Crippen molar-refractivity contribution in [1.29, 1.82) is 0 Å². The highest BCUT2D eigenvalue weighted by molar-refractivity contribution is 4.92. The maximum atomic E-state index is 8.88. The molecule has 0 aliphatic rings. The van der Waals surface area contributed by atoms with Crippen LogP contribution in [-0.2, 0) is 0 Å². The summed E-state index contributed by atoms with van der Waals surface area (Å²) in [5.41, 5.74) is 0.454. The first kappa shape index (κ1) is 17.7. The van der Waals surface area contributed by atoms with Crippen LogP contribution in [0.15, 0.2) is 24.8 Å². The lowest BCUT2D eigenvalue weighted by Crippen LogP contribution is -2.10. The molecular weight excluding hydrogens is 208 g/mol. The predicted octanol–water partition coefficient (Wildman–Crippen LogP) is 0.613. The third-order valence-corrected chi connectivity index (χ3v) is 1.85. The van der Waals surface area contributed by atoms with Gasteiger partial charge in [-0.15, -0.1) is 6.58 Å². The summed E-state index contributed by atoms with van der Waals surface area (Å²) >= 11 is 0. The zero-order valence-electron chi connectivity index (χ0n) is 9.81. The van der Waals surface area contributed by atoms with Gasteiger partial charge in [-0.3, -0.25) is 0 Å². The van der Waals surface area contributed by atoms with Gasteiger partial charge in [-0.2, -0.15) is 0 Å². The van der Waals surface area contributed by atoms with Crippen molar-refractivity contribution in [3.05, 3.63) is 24.8 Å². The minimum atomic E-state index is -0.523. The average molecular weight is 232 g/mol. The van der Waals surface area contributed by atoms with E-state index in [9.17, 15) is 0 Å². The van der Waals surface area contributed by atoms with Crippen molar-refractivity contribution in [2.24, 2.45) is 0 Å². The topological polar surface area (TPSA) is 80.9 Å². The van der Waals surface area contributed by atoms with Crippen molar-refractivity contribution >= 4 is 0 Å². The molecule has 0 radical (unpaired) electrons. The summed E-state index contributed by atoms with van der Waals surface area (Å²) < 4.78 is 0. The van der Waals surface area contributed by atoms with Gasteiger partial charge in [0.15, 0.2) is 0 Å². The molecule has 96 valence electrons. The van der Waals surface area contributed by atoms with Crippen LogP contribution in [0.4, 0.5) is 0 Å². The largest absolute Gasteiger partial charge is 0.394 e. The second kappa shape index (κ2) is 14.3. The molecule has 0 bridgehead atoms. The highest BCUT2D eigenvalue weighted by Gasteiger charge is 1.99. The number of aliphatic hydroxyl groups excluding tert-OH is 4. The molecule has 4 heteroatoms. The molecule has 4 nitrogen and oxygen atoms in total. The Kier molecular flexibility index (Phi) is 15.8. The quantitative estimate of drug-likeness (QED) is 0.365. The molecule has 0 aliphatic carbocycles. The summed E-state index contributed by atoms with van der Waals surface area (Å²) in [6, 6.07) is 0. The fourth-order valence-electron chi connectivity index (χ4n) is 0.810. The zero-order chi connectivity index (χ0) is 12.8. The first-order chi connectivity index (χ1) is 7.62. The summed E-state index contributed by atoms with van der Waals surface area (Å²) in [4.78, 5) is 0. The Hall–Kier alpha value is -0.680. The van der Waals surface area contributed by atoms with Crippen LogP contribution in [0.25, 0.3) is 0 Å². The first-order valence-electron chi connectivity index (χ1n) is 5.40. The van der Waals surface area contributed by atoms with Gasteiger partial charge in [-0.05, 0) is 24.8 Å². The highest BCUT2D eigenvalue weighted by atomic mass is 16.3. The van der Waals surface area contributed by atoms with E-state index in [0.717, 1.165) is 19.3 Å². The van der Waals surface area contributed by atoms with Crippen molar-refractivity contribution in [3.8, 4) is 0 Å². The number of rotatable bonds is 8. The van der Waals surface area contributed by atoms with Gasteiger partial charge >= 0.3 is 0 Å². The van der Waals surface area contributed by atoms with Crippen LogP contribution in [0, 0.1) is 0 Å². The van der Waals surface area contributed by atoms with Gasteiger partial charge in [0, 0.05) is 0 Å². The third kappa shape index (κ3) is 15.8. The number of allylic oxidation sites excluding steroid dienone is 1.